The lowest BCUT2D eigenvalue weighted by Crippen LogP contribution is -2.49. The smallest absolute Gasteiger partial charge is 0.357 e. The number of aliphatic imine (C=N–C) groups is 1. The molecule has 1 saturated heterocycles. The lowest BCUT2D eigenvalue weighted by molar-refractivity contribution is -0.141. The van der Waals surface area contributed by atoms with E-state index in [4.69, 9.17) is 0 Å². The third-order valence-corrected chi connectivity index (χ3v) is 4.51. The Labute approximate surface area is 170 Å². The van der Waals surface area contributed by atoms with E-state index in [9.17, 15) is 13.2 Å². The normalized spacial score (nSPS) is 16.9. The van der Waals surface area contributed by atoms with Gasteiger partial charge in [-0.2, -0.15) is 13.2 Å². The Balaban J connectivity index is 1.79. The van der Waals surface area contributed by atoms with Crippen LogP contribution in [-0.4, -0.2) is 66.1 Å². The first-order valence-corrected chi connectivity index (χ1v) is 10.2. The number of anilines is 1. The fourth-order valence-corrected chi connectivity index (χ4v) is 3.23. The molecule has 1 aliphatic heterocycles. The van der Waals surface area contributed by atoms with E-state index in [0.29, 0.717) is 25.0 Å². The molecule has 10 heteroatoms. The van der Waals surface area contributed by atoms with Crippen molar-refractivity contribution in [3.8, 4) is 0 Å². The minimum atomic E-state index is -4.48. The molecule has 0 unspecified atom stereocenters. The molecule has 0 spiro atoms. The van der Waals surface area contributed by atoms with Gasteiger partial charge in [-0.1, -0.05) is 13.8 Å². The molecule has 164 valence electrons. The van der Waals surface area contributed by atoms with Crippen molar-refractivity contribution in [1.29, 1.82) is 0 Å². The first-order chi connectivity index (χ1) is 13.8. The van der Waals surface area contributed by atoms with Crippen LogP contribution in [-0.2, 0) is 6.18 Å². The number of nitrogens with one attached hydrogen (secondary N) is 3. The van der Waals surface area contributed by atoms with Crippen LogP contribution in [0.3, 0.4) is 0 Å². The van der Waals surface area contributed by atoms with Crippen molar-refractivity contribution in [3.05, 3.63) is 18.0 Å². The van der Waals surface area contributed by atoms with Gasteiger partial charge in [0.1, 0.15) is 5.69 Å². The van der Waals surface area contributed by atoms with Gasteiger partial charge in [0.05, 0.1) is 6.54 Å². The number of rotatable bonds is 8. The van der Waals surface area contributed by atoms with E-state index >= 15 is 0 Å². The molecule has 0 aromatic carbocycles. The molecule has 1 aliphatic rings. The summed E-state index contributed by atoms with van der Waals surface area (Å²) in [6, 6.07) is 1.22. The first kappa shape index (κ1) is 23.2. The summed E-state index contributed by atoms with van der Waals surface area (Å²) in [6.45, 7) is 11.2. The maximum atomic E-state index is 12.7. The first-order valence-electron chi connectivity index (χ1n) is 10.2. The number of hydrogen-bond acceptors (Lipinski definition) is 5. The van der Waals surface area contributed by atoms with Crippen LogP contribution in [0.5, 0.6) is 0 Å². The van der Waals surface area contributed by atoms with Gasteiger partial charge in [0.25, 0.3) is 0 Å². The number of halogens is 3. The van der Waals surface area contributed by atoms with Gasteiger partial charge in [0.2, 0.25) is 5.95 Å². The van der Waals surface area contributed by atoms with Crippen molar-refractivity contribution in [1.82, 2.24) is 25.5 Å². The van der Waals surface area contributed by atoms with E-state index in [-0.39, 0.29) is 5.95 Å². The molecule has 7 nitrogen and oxygen atoms in total. The molecular weight excluding hydrogens is 383 g/mol. The Kier molecular flexibility index (Phi) is 8.94. The van der Waals surface area contributed by atoms with Gasteiger partial charge in [-0.25, -0.2) is 9.97 Å². The van der Waals surface area contributed by atoms with Crippen molar-refractivity contribution in [2.24, 2.45) is 10.9 Å². The molecule has 1 aromatic heterocycles. The van der Waals surface area contributed by atoms with E-state index in [1.54, 1.807) is 0 Å². The largest absolute Gasteiger partial charge is 0.433 e. The summed E-state index contributed by atoms with van der Waals surface area (Å²) in [6.07, 6.45) is -1.26. The van der Waals surface area contributed by atoms with E-state index in [1.807, 2.05) is 6.92 Å². The number of likely N-dealkylation sites (tertiary alicyclic amines) is 1. The topological polar surface area (TPSA) is 77.5 Å². The fraction of sp³-hybridized carbons (Fsp3) is 0.737. The van der Waals surface area contributed by atoms with Crippen molar-refractivity contribution >= 4 is 11.9 Å². The quantitative estimate of drug-likeness (QED) is 0.344. The summed E-state index contributed by atoms with van der Waals surface area (Å²) in [5.74, 6) is 1.35. The predicted molar refractivity (Wildman–Crippen MR) is 109 cm³/mol. The van der Waals surface area contributed by atoms with Gasteiger partial charge in [0.15, 0.2) is 5.96 Å². The molecule has 1 fully saturated rings. The highest BCUT2D eigenvalue weighted by Gasteiger charge is 2.32. The summed E-state index contributed by atoms with van der Waals surface area (Å²) < 4.78 is 38.1. The van der Waals surface area contributed by atoms with E-state index < -0.39 is 11.9 Å². The predicted octanol–water partition coefficient (Wildman–Crippen LogP) is 2.58. The second kappa shape index (κ2) is 11.2. The molecule has 0 saturated carbocycles. The summed E-state index contributed by atoms with van der Waals surface area (Å²) >= 11 is 0. The third-order valence-electron chi connectivity index (χ3n) is 4.51. The minimum Gasteiger partial charge on any atom is -0.357 e. The van der Waals surface area contributed by atoms with Gasteiger partial charge in [-0.3, -0.25) is 4.99 Å². The zero-order valence-electron chi connectivity index (χ0n) is 17.4. The Morgan fingerprint density at radius 1 is 1.31 bits per heavy atom. The lowest BCUT2D eigenvalue weighted by Gasteiger charge is -2.34. The summed E-state index contributed by atoms with van der Waals surface area (Å²) in [5.41, 5.74) is -0.961. The average molecular weight is 416 g/mol. The van der Waals surface area contributed by atoms with Gasteiger partial charge >= 0.3 is 6.18 Å². The molecule has 3 N–H and O–H groups in total. The summed E-state index contributed by atoms with van der Waals surface area (Å²) in [4.78, 5) is 14.3. The molecule has 0 aliphatic carbocycles. The second-order valence-electron chi connectivity index (χ2n) is 7.56. The molecule has 0 radical (unpaired) electrons. The maximum Gasteiger partial charge on any atom is 0.433 e. The van der Waals surface area contributed by atoms with Crippen LogP contribution in [0.1, 0.15) is 39.3 Å². The van der Waals surface area contributed by atoms with Crippen molar-refractivity contribution < 1.29 is 13.2 Å². The Hall–Kier alpha value is -2.10. The van der Waals surface area contributed by atoms with Gasteiger partial charge in [0, 0.05) is 45.0 Å². The Bertz CT molecular complexity index is 641. The SMILES string of the molecule is CCNC(=NCCNc1nccc(C(F)(F)F)n1)NC1CCN(CC(C)C)CC1. The molecule has 2 rings (SSSR count). The van der Waals surface area contributed by atoms with E-state index in [1.165, 1.54) is 0 Å². The standard InChI is InChI=1S/C19H32F3N7/c1-4-23-17(27-15-6-11-29(12-7-15)13-14(2)3)25-9-10-26-18-24-8-5-16(28-18)19(20,21)22/h5,8,14-15H,4,6-7,9-13H2,1-3H3,(H2,23,25,27)(H,24,26,28). The number of piperidine rings is 1. The molecule has 0 atom stereocenters. The number of alkyl halides is 3. The van der Waals surface area contributed by atoms with Crippen LogP contribution in [0.4, 0.5) is 19.1 Å². The molecule has 29 heavy (non-hydrogen) atoms. The molecular formula is C19H32F3N7. The van der Waals surface area contributed by atoms with Crippen LogP contribution in [0.15, 0.2) is 17.3 Å². The molecule has 1 aromatic rings. The Morgan fingerprint density at radius 3 is 2.66 bits per heavy atom. The number of nitrogens with zero attached hydrogens (tertiary/aromatic N) is 4. The average Bonchev–Trinajstić information content (AvgIpc) is 2.66. The minimum absolute atomic E-state index is 0.0505. The third kappa shape index (κ3) is 8.43. The maximum absolute atomic E-state index is 12.7. The fourth-order valence-electron chi connectivity index (χ4n) is 3.23. The highest BCUT2D eigenvalue weighted by Crippen LogP contribution is 2.27. The van der Waals surface area contributed by atoms with Gasteiger partial charge in [-0.15, -0.1) is 0 Å². The van der Waals surface area contributed by atoms with Crippen LogP contribution in [0, 0.1) is 5.92 Å². The van der Waals surface area contributed by atoms with Crippen molar-refractivity contribution in [2.45, 2.75) is 45.8 Å². The zero-order valence-corrected chi connectivity index (χ0v) is 17.4. The second-order valence-corrected chi connectivity index (χ2v) is 7.56. The monoisotopic (exact) mass is 415 g/mol. The number of aromatic nitrogens is 2. The van der Waals surface area contributed by atoms with Crippen molar-refractivity contribution in [3.63, 3.8) is 0 Å². The molecule has 0 amide bonds. The lowest BCUT2D eigenvalue weighted by atomic mass is 10.0. The number of guanidine groups is 1. The van der Waals surface area contributed by atoms with Crippen LogP contribution in [0.25, 0.3) is 0 Å². The molecule has 0 bridgehead atoms. The van der Waals surface area contributed by atoms with E-state index in [2.05, 4.69) is 49.7 Å². The number of hydrogen-bond donors (Lipinski definition) is 3. The van der Waals surface area contributed by atoms with Crippen molar-refractivity contribution in [2.75, 3.05) is 44.6 Å². The van der Waals surface area contributed by atoms with Gasteiger partial charge < -0.3 is 20.9 Å². The summed E-state index contributed by atoms with van der Waals surface area (Å²) in [7, 11) is 0. The molecule has 2 heterocycles. The van der Waals surface area contributed by atoms with Gasteiger partial charge in [-0.05, 0) is 31.7 Å². The van der Waals surface area contributed by atoms with Crippen LogP contribution >= 0.6 is 0 Å². The summed E-state index contributed by atoms with van der Waals surface area (Å²) in [5, 5.41) is 9.47. The van der Waals surface area contributed by atoms with E-state index in [0.717, 1.165) is 57.2 Å². The highest BCUT2D eigenvalue weighted by atomic mass is 19.4. The Morgan fingerprint density at radius 2 is 2.03 bits per heavy atom. The van der Waals surface area contributed by atoms with Crippen LogP contribution < -0.4 is 16.0 Å². The van der Waals surface area contributed by atoms with Crippen LogP contribution in [0.2, 0.25) is 0 Å². The zero-order chi connectivity index (χ0) is 21.3. The highest BCUT2D eigenvalue weighted by molar-refractivity contribution is 5.80.